The number of ether oxygens (including phenoxy) is 1. The molecule has 5 rings (SSSR count). The number of hydrogen-bond acceptors (Lipinski definition) is 10. The topological polar surface area (TPSA) is 145 Å². The second-order valence-electron chi connectivity index (χ2n) is 13.9. The van der Waals surface area contributed by atoms with E-state index < -0.39 is 34.1 Å². The average Bonchev–Trinajstić information content (AvgIpc) is 3.88. The number of amides is 3. The van der Waals surface area contributed by atoms with Crippen molar-refractivity contribution in [2.45, 2.75) is 77.1 Å². The third-order valence-electron chi connectivity index (χ3n) is 9.40. The zero-order chi connectivity index (χ0) is 38.3. The molecular formula is C38H50N6O6S3. The lowest BCUT2D eigenvalue weighted by atomic mass is 9.95. The van der Waals surface area contributed by atoms with Gasteiger partial charge in [0, 0.05) is 36.9 Å². The van der Waals surface area contributed by atoms with Crippen LogP contribution in [0.2, 0.25) is 0 Å². The average molecular weight is 783 g/mol. The van der Waals surface area contributed by atoms with Gasteiger partial charge in [0.05, 0.1) is 41.4 Å². The number of carbonyl (C=O) groups excluding carboxylic acids is 2. The van der Waals surface area contributed by atoms with Crippen molar-refractivity contribution in [3.63, 3.8) is 0 Å². The van der Waals surface area contributed by atoms with Crippen LogP contribution in [0.1, 0.15) is 50.4 Å². The Morgan fingerprint density at radius 2 is 1.74 bits per heavy atom. The van der Waals surface area contributed by atoms with Gasteiger partial charge in [0.1, 0.15) is 22.5 Å². The molecule has 0 spiro atoms. The number of aryl methyl sites for hydroxylation is 1. The van der Waals surface area contributed by atoms with E-state index in [9.17, 15) is 23.1 Å². The zero-order valence-corrected chi connectivity index (χ0v) is 33.6. The van der Waals surface area contributed by atoms with Gasteiger partial charge in [0.2, 0.25) is 15.9 Å². The third-order valence-corrected chi connectivity index (χ3v) is 12.9. The van der Waals surface area contributed by atoms with Gasteiger partial charge in [-0.15, -0.1) is 22.7 Å². The molecule has 0 radical (unpaired) electrons. The van der Waals surface area contributed by atoms with Crippen LogP contribution in [0.25, 0.3) is 10.7 Å². The molecule has 12 nitrogen and oxygen atoms in total. The first-order valence-corrected chi connectivity index (χ1v) is 21.1. The van der Waals surface area contributed by atoms with E-state index in [4.69, 9.17) is 9.72 Å². The molecule has 0 saturated carbocycles. The fourth-order valence-electron chi connectivity index (χ4n) is 6.42. The van der Waals surface area contributed by atoms with Crippen LogP contribution in [0.15, 0.2) is 70.3 Å². The fraction of sp³-hybridized carbons (Fsp3) is 0.474. The fourth-order valence-corrected chi connectivity index (χ4v) is 9.48. The lowest BCUT2D eigenvalue weighted by Crippen LogP contribution is -2.57. The first-order chi connectivity index (χ1) is 25.3. The molecule has 3 amide bonds. The summed E-state index contributed by atoms with van der Waals surface area (Å²) in [6.07, 6.45) is -0.378. The lowest BCUT2D eigenvalue weighted by Gasteiger charge is -2.35. The number of aliphatic hydroxyl groups is 1. The minimum atomic E-state index is -4.01. The van der Waals surface area contributed by atoms with Crippen molar-refractivity contribution in [2.75, 3.05) is 33.3 Å². The van der Waals surface area contributed by atoms with Crippen molar-refractivity contribution in [3.05, 3.63) is 81.6 Å². The summed E-state index contributed by atoms with van der Waals surface area (Å²) in [5.74, 6) is -0.0963. The number of rotatable bonds is 18. The normalized spacial score (nSPS) is 15.9. The summed E-state index contributed by atoms with van der Waals surface area (Å²) in [7, 11) is -2.50. The molecular weight excluding hydrogens is 733 g/mol. The van der Waals surface area contributed by atoms with E-state index in [1.165, 1.54) is 34.9 Å². The maximum Gasteiger partial charge on any atom is 0.321 e. The molecule has 4 aromatic rings. The van der Waals surface area contributed by atoms with Gasteiger partial charge >= 0.3 is 6.03 Å². The first-order valence-electron chi connectivity index (χ1n) is 17.9. The molecule has 0 bridgehead atoms. The Morgan fingerprint density at radius 3 is 2.36 bits per heavy atom. The van der Waals surface area contributed by atoms with Crippen LogP contribution in [0.5, 0.6) is 5.75 Å². The van der Waals surface area contributed by atoms with E-state index in [0.717, 1.165) is 27.0 Å². The summed E-state index contributed by atoms with van der Waals surface area (Å²) in [6, 6.07) is 13.7. The Kier molecular flexibility index (Phi) is 13.7. The van der Waals surface area contributed by atoms with Gasteiger partial charge in [-0.1, -0.05) is 64.4 Å². The molecule has 1 saturated heterocycles. The van der Waals surface area contributed by atoms with Gasteiger partial charge in [-0.2, -0.15) is 4.31 Å². The van der Waals surface area contributed by atoms with Crippen molar-refractivity contribution in [1.82, 2.24) is 29.4 Å². The predicted octanol–water partition coefficient (Wildman–Crippen LogP) is 5.67. The Bertz CT molecular complexity index is 1920. The molecule has 1 fully saturated rings. The summed E-state index contributed by atoms with van der Waals surface area (Å²) in [4.78, 5) is 40.9. The number of aromatic nitrogens is 2. The van der Waals surface area contributed by atoms with Crippen molar-refractivity contribution < 1.29 is 27.9 Å². The number of nitrogens with one attached hydrogen (secondary N) is 1. The maximum absolute atomic E-state index is 14.4. The largest absolute Gasteiger partial charge is 0.497 e. The summed E-state index contributed by atoms with van der Waals surface area (Å²) in [5.41, 5.74) is 2.45. The molecule has 2 aromatic carbocycles. The molecule has 0 unspecified atom stereocenters. The van der Waals surface area contributed by atoms with Crippen molar-refractivity contribution >= 4 is 44.6 Å². The predicted molar refractivity (Wildman–Crippen MR) is 208 cm³/mol. The second kappa shape index (κ2) is 18.0. The SMILES string of the molecule is CC[C@H](C)[C@@H](C(=O)N[C@@H](Cc1ccccc1)[C@H](O)CN(CC(C)C)S(=O)(=O)c1ccc(OC)cc1)N1CCN(Cc2csc(-c3csc(C)n3)n2)C1=O. The highest BCUT2D eigenvalue weighted by molar-refractivity contribution is 7.89. The number of aliphatic hydroxyl groups excluding tert-OH is 1. The highest BCUT2D eigenvalue weighted by atomic mass is 32.2. The molecule has 53 heavy (non-hydrogen) atoms. The van der Waals surface area contributed by atoms with Crippen LogP contribution in [0.4, 0.5) is 4.79 Å². The van der Waals surface area contributed by atoms with Gasteiger partial charge in [-0.25, -0.2) is 23.2 Å². The number of urea groups is 1. The minimum Gasteiger partial charge on any atom is -0.497 e. The minimum absolute atomic E-state index is 0.0383. The van der Waals surface area contributed by atoms with Crippen LogP contribution < -0.4 is 10.1 Å². The first kappa shape index (κ1) is 40.3. The maximum atomic E-state index is 14.4. The Balaban J connectivity index is 1.35. The van der Waals surface area contributed by atoms with Crippen LogP contribution in [-0.2, 0) is 27.8 Å². The quantitative estimate of drug-likeness (QED) is 0.131. The summed E-state index contributed by atoms with van der Waals surface area (Å²) in [6.45, 7) is 10.7. The van der Waals surface area contributed by atoms with Gasteiger partial charge in [-0.3, -0.25) is 4.79 Å². The number of carbonyl (C=O) groups is 2. The van der Waals surface area contributed by atoms with Crippen molar-refractivity contribution in [2.24, 2.45) is 11.8 Å². The van der Waals surface area contributed by atoms with Gasteiger partial charge < -0.3 is 25.0 Å². The van der Waals surface area contributed by atoms with Crippen LogP contribution in [0.3, 0.4) is 0 Å². The van der Waals surface area contributed by atoms with Gasteiger partial charge in [0.15, 0.2) is 0 Å². The van der Waals surface area contributed by atoms with E-state index >= 15 is 0 Å². The second-order valence-corrected chi connectivity index (χ2v) is 17.7. The summed E-state index contributed by atoms with van der Waals surface area (Å²) < 4.78 is 34.3. The Hall–Kier alpha value is -3.89. The Morgan fingerprint density at radius 1 is 1.02 bits per heavy atom. The lowest BCUT2D eigenvalue weighted by molar-refractivity contribution is -0.128. The highest BCUT2D eigenvalue weighted by Crippen LogP contribution is 2.28. The molecule has 1 aliphatic rings. The van der Waals surface area contributed by atoms with E-state index in [2.05, 4.69) is 10.3 Å². The molecule has 286 valence electrons. The standard InChI is InChI=1S/C38H50N6O6S3/c1-7-26(4)35(44-18-17-42(38(44)47)21-29-23-52-37(40-29)33-24-51-27(5)39-33)36(46)41-32(19-28-11-9-8-10-12-28)34(45)22-43(20-25(2)3)53(48,49)31-15-13-30(50-6)14-16-31/h8-16,23-26,32,34-35,45H,7,17-22H2,1-6H3,(H,41,46)/t26-,32-,34+,35-/m0/s1. The number of methoxy groups -OCH3 is 1. The summed E-state index contributed by atoms with van der Waals surface area (Å²) >= 11 is 3.05. The number of benzene rings is 2. The number of sulfonamides is 1. The number of hydrogen-bond donors (Lipinski definition) is 2. The molecule has 1 aliphatic heterocycles. The van der Waals surface area contributed by atoms with Gasteiger partial charge in [-0.05, 0) is 55.0 Å². The van der Waals surface area contributed by atoms with E-state index in [0.29, 0.717) is 31.8 Å². The summed E-state index contributed by atoms with van der Waals surface area (Å²) in [5, 5.41) is 20.6. The number of thiazole rings is 2. The third kappa shape index (κ3) is 10.0. The monoisotopic (exact) mass is 782 g/mol. The van der Waals surface area contributed by atoms with E-state index in [1.54, 1.807) is 33.3 Å². The Labute approximate surface area is 320 Å². The molecule has 0 aliphatic carbocycles. The molecule has 2 aromatic heterocycles. The molecule has 3 heterocycles. The van der Waals surface area contributed by atoms with Crippen LogP contribution in [0, 0.1) is 18.8 Å². The smallest absolute Gasteiger partial charge is 0.321 e. The van der Waals surface area contributed by atoms with E-state index in [1.807, 2.05) is 75.7 Å². The zero-order valence-electron chi connectivity index (χ0n) is 31.1. The van der Waals surface area contributed by atoms with Gasteiger partial charge in [0.25, 0.3) is 0 Å². The van der Waals surface area contributed by atoms with Crippen molar-refractivity contribution in [3.8, 4) is 16.5 Å². The van der Waals surface area contributed by atoms with Crippen molar-refractivity contribution in [1.29, 1.82) is 0 Å². The highest BCUT2D eigenvalue weighted by Gasteiger charge is 2.41. The van der Waals surface area contributed by atoms with Crippen LogP contribution in [-0.4, -0.2) is 101 Å². The molecule has 4 atom stereocenters. The molecule has 2 N–H and O–H groups in total. The van der Waals surface area contributed by atoms with E-state index in [-0.39, 0.29) is 42.3 Å². The number of nitrogens with zero attached hydrogens (tertiary/aromatic N) is 5. The molecule has 15 heteroatoms. The van der Waals surface area contributed by atoms with Crippen LogP contribution >= 0.6 is 22.7 Å².